The van der Waals surface area contributed by atoms with Gasteiger partial charge in [-0.05, 0) is 40.6 Å². The maximum Gasteiger partial charge on any atom is 0.261 e. The lowest BCUT2D eigenvalue weighted by Gasteiger charge is -2.43. The molecule has 0 aliphatic heterocycles. The van der Waals surface area contributed by atoms with E-state index in [2.05, 4.69) is 81.4 Å². The van der Waals surface area contributed by atoms with E-state index in [1.54, 1.807) is 0 Å². The summed E-state index contributed by atoms with van der Waals surface area (Å²) in [6.07, 6.45) is 5.20. The molecule has 146 valence electrons. The number of benzene rings is 2. The van der Waals surface area contributed by atoms with Gasteiger partial charge in [-0.3, -0.25) is 0 Å². The average Bonchev–Trinajstić information content (AvgIpc) is 2.66. The number of hydrogen-bond donors (Lipinski definition) is 1. The molecule has 1 aliphatic carbocycles. The van der Waals surface area contributed by atoms with Crippen molar-refractivity contribution < 1.29 is 9.53 Å². The highest BCUT2D eigenvalue weighted by molar-refractivity contribution is 6.99. The van der Waals surface area contributed by atoms with Gasteiger partial charge >= 0.3 is 0 Å². The highest BCUT2D eigenvalue weighted by atomic mass is 28.4. The largest absolute Gasteiger partial charge is 0.407 e. The standard InChI is InChI=1S/C24H34O2Si/c1-24(2,3)27(22-13-6-4-7-14-22,23-15-8-5-9-16-23)26-18-17-20-11-10-12-21(25)19-20/h4-9,13-16,20-21,25H,10-12,17-19H2,1-3H3/t20-,21+/m1/s1. The Kier molecular flexibility index (Phi) is 6.56. The second kappa shape index (κ2) is 8.72. The molecule has 1 N–H and O–H groups in total. The SMILES string of the molecule is CC(C)(C)[Si](OCC[C@H]1CCC[C@H](O)C1)(c1ccccc1)c1ccccc1. The first-order valence-corrected chi connectivity index (χ1v) is 12.3. The lowest BCUT2D eigenvalue weighted by molar-refractivity contribution is 0.0918. The minimum Gasteiger partial charge on any atom is -0.407 e. The second-order valence-corrected chi connectivity index (χ2v) is 13.3. The molecule has 0 saturated heterocycles. The van der Waals surface area contributed by atoms with Crippen molar-refractivity contribution in [3.8, 4) is 0 Å². The van der Waals surface area contributed by atoms with E-state index >= 15 is 0 Å². The summed E-state index contributed by atoms with van der Waals surface area (Å²) in [5.74, 6) is 0.590. The van der Waals surface area contributed by atoms with Gasteiger partial charge in [-0.2, -0.15) is 0 Å². The molecule has 0 heterocycles. The minimum atomic E-state index is -2.41. The molecular weight excluding hydrogens is 348 g/mol. The number of aliphatic hydroxyl groups excluding tert-OH is 1. The molecule has 2 nitrogen and oxygen atoms in total. The van der Waals surface area contributed by atoms with Gasteiger partial charge in [0.2, 0.25) is 0 Å². The van der Waals surface area contributed by atoms with Crippen molar-refractivity contribution in [2.45, 2.75) is 64.0 Å². The molecule has 1 aliphatic rings. The van der Waals surface area contributed by atoms with E-state index in [1.807, 2.05) is 0 Å². The predicted molar refractivity (Wildman–Crippen MR) is 116 cm³/mol. The number of hydrogen-bond acceptors (Lipinski definition) is 2. The van der Waals surface area contributed by atoms with E-state index in [1.165, 1.54) is 16.8 Å². The monoisotopic (exact) mass is 382 g/mol. The maximum atomic E-state index is 9.99. The summed E-state index contributed by atoms with van der Waals surface area (Å²) >= 11 is 0. The van der Waals surface area contributed by atoms with E-state index in [4.69, 9.17) is 4.43 Å². The van der Waals surface area contributed by atoms with Crippen LogP contribution < -0.4 is 10.4 Å². The summed E-state index contributed by atoms with van der Waals surface area (Å²) in [7, 11) is -2.41. The Labute approximate surface area is 165 Å². The molecule has 0 radical (unpaired) electrons. The van der Waals surface area contributed by atoms with Crippen LogP contribution >= 0.6 is 0 Å². The Morgan fingerprint density at radius 3 is 1.96 bits per heavy atom. The molecule has 1 saturated carbocycles. The zero-order valence-corrected chi connectivity index (χ0v) is 18.0. The molecule has 1 fully saturated rings. The van der Waals surface area contributed by atoms with Gasteiger partial charge in [-0.1, -0.05) is 94.3 Å². The summed E-state index contributed by atoms with van der Waals surface area (Å²) < 4.78 is 6.96. The molecule has 3 heteroatoms. The Hall–Kier alpha value is -1.42. The predicted octanol–water partition coefficient (Wildman–Crippen LogP) is 4.50. The van der Waals surface area contributed by atoms with Crippen LogP contribution in [0, 0.1) is 5.92 Å². The molecule has 0 bridgehead atoms. The smallest absolute Gasteiger partial charge is 0.261 e. The topological polar surface area (TPSA) is 29.5 Å². The highest BCUT2D eigenvalue weighted by Crippen LogP contribution is 2.37. The maximum absolute atomic E-state index is 9.99. The molecule has 0 spiro atoms. The lowest BCUT2D eigenvalue weighted by atomic mass is 9.85. The average molecular weight is 383 g/mol. The molecule has 3 rings (SSSR count). The Balaban J connectivity index is 1.89. The van der Waals surface area contributed by atoms with Crippen molar-refractivity contribution in [1.82, 2.24) is 0 Å². The lowest BCUT2D eigenvalue weighted by Crippen LogP contribution is -2.66. The molecule has 2 atom stereocenters. The van der Waals surface area contributed by atoms with Gasteiger partial charge in [0.25, 0.3) is 8.32 Å². The minimum absolute atomic E-state index is 0.0295. The van der Waals surface area contributed by atoms with Crippen LogP contribution in [0.5, 0.6) is 0 Å². The molecule has 0 amide bonds. The third-order valence-corrected chi connectivity index (χ3v) is 11.1. The number of aliphatic hydroxyl groups is 1. The van der Waals surface area contributed by atoms with Crippen LogP contribution in [0.1, 0.15) is 52.9 Å². The summed E-state index contributed by atoms with van der Waals surface area (Å²) in [6.45, 7) is 7.74. The first-order valence-electron chi connectivity index (χ1n) is 10.4. The van der Waals surface area contributed by atoms with Crippen LogP contribution in [-0.2, 0) is 4.43 Å². The van der Waals surface area contributed by atoms with Crippen LogP contribution in [-0.4, -0.2) is 26.1 Å². The molecule has 0 aromatic heterocycles. The zero-order valence-electron chi connectivity index (χ0n) is 17.0. The van der Waals surface area contributed by atoms with Gasteiger partial charge < -0.3 is 9.53 Å². The van der Waals surface area contributed by atoms with Crippen LogP contribution in [0.4, 0.5) is 0 Å². The van der Waals surface area contributed by atoms with Crippen molar-refractivity contribution in [3.63, 3.8) is 0 Å². The van der Waals surface area contributed by atoms with E-state index in [0.717, 1.165) is 32.3 Å². The van der Waals surface area contributed by atoms with Crippen LogP contribution in [0.25, 0.3) is 0 Å². The fraction of sp³-hybridized carbons (Fsp3) is 0.500. The molecule has 2 aromatic carbocycles. The van der Waals surface area contributed by atoms with Crippen molar-refractivity contribution >= 4 is 18.7 Å². The summed E-state index contributed by atoms with van der Waals surface area (Å²) in [5.41, 5.74) is 0. The van der Waals surface area contributed by atoms with Crippen molar-refractivity contribution in [3.05, 3.63) is 60.7 Å². The van der Waals surface area contributed by atoms with Crippen LogP contribution in [0.2, 0.25) is 5.04 Å². The molecular formula is C24H34O2Si. The number of rotatable bonds is 6. The molecule has 2 aromatic rings. The van der Waals surface area contributed by atoms with Crippen molar-refractivity contribution in [2.24, 2.45) is 5.92 Å². The van der Waals surface area contributed by atoms with Crippen molar-refractivity contribution in [1.29, 1.82) is 0 Å². The Morgan fingerprint density at radius 1 is 0.926 bits per heavy atom. The normalized spacial score (nSPS) is 21.2. The Morgan fingerprint density at radius 2 is 1.48 bits per heavy atom. The van der Waals surface area contributed by atoms with E-state index in [9.17, 15) is 5.11 Å². The van der Waals surface area contributed by atoms with Gasteiger partial charge in [-0.15, -0.1) is 0 Å². The molecule has 27 heavy (non-hydrogen) atoms. The summed E-state index contributed by atoms with van der Waals surface area (Å²) in [5, 5.41) is 12.7. The quantitative estimate of drug-likeness (QED) is 0.745. The highest BCUT2D eigenvalue weighted by Gasteiger charge is 2.50. The van der Waals surface area contributed by atoms with E-state index < -0.39 is 8.32 Å². The van der Waals surface area contributed by atoms with Crippen LogP contribution in [0.3, 0.4) is 0 Å². The first-order chi connectivity index (χ1) is 12.9. The van der Waals surface area contributed by atoms with Crippen LogP contribution in [0.15, 0.2) is 60.7 Å². The fourth-order valence-electron chi connectivity index (χ4n) is 4.67. The zero-order chi connectivity index (χ0) is 19.3. The fourth-order valence-corrected chi connectivity index (χ4v) is 9.24. The first kappa shape index (κ1) is 20.3. The van der Waals surface area contributed by atoms with Gasteiger partial charge in [0.05, 0.1) is 6.10 Å². The second-order valence-electron chi connectivity index (χ2n) is 8.99. The van der Waals surface area contributed by atoms with Gasteiger partial charge in [0.1, 0.15) is 0 Å². The van der Waals surface area contributed by atoms with Gasteiger partial charge in [0.15, 0.2) is 0 Å². The summed E-state index contributed by atoms with van der Waals surface area (Å²) in [4.78, 5) is 0. The van der Waals surface area contributed by atoms with Crippen molar-refractivity contribution in [2.75, 3.05) is 6.61 Å². The molecule has 0 unspecified atom stereocenters. The van der Waals surface area contributed by atoms with E-state index in [0.29, 0.717) is 5.92 Å². The van der Waals surface area contributed by atoms with E-state index in [-0.39, 0.29) is 11.1 Å². The third kappa shape index (κ3) is 4.53. The third-order valence-electron chi connectivity index (χ3n) is 6.02. The summed E-state index contributed by atoms with van der Waals surface area (Å²) in [6, 6.07) is 21.7. The van der Waals surface area contributed by atoms with Gasteiger partial charge in [0, 0.05) is 6.61 Å². The van der Waals surface area contributed by atoms with Gasteiger partial charge in [-0.25, -0.2) is 0 Å². The Bertz CT molecular complexity index is 654.